The number of hydrogen-bond donors (Lipinski definition) is 1. The lowest BCUT2D eigenvalue weighted by molar-refractivity contribution is -0.141. The molecule has 1 N–H and O–H groups in total. The quantitative estimate of drug-likeness (QED) is 0.356. The second-order valence-electron chi connectivity index (χ2n) is 10.2. The Labute approximate surface area is 236 Å². The molecule has 208 valence electrons. The van der Waals surface area contributed by atoms with Gasteiger partial charge >= 0.3 is 0 Å². The van der Waals surface area contributed by atoms with E-state index in [4.69, 9.17) is 11.6 Å². The van der Waals surface area contributed by atoms with Gasteiger partial charge in [-0.15, -0.1) is 0 Å². The number of nitrogens with one attached hydrogen (secondary N) is 1. The lowest BCUT2D eigenvalue weighted by atomic mass is 9.95. The summed E-state index contributed by atoms with van der Waals surface area (Å²) < 4.78 is 27.9. The van der Waals surface area contributed by atoms with Crippen LogP contribution in [0.3, 0.4) is 0 Å². The van der Waals surface area contributed by atoms with Crippen LogP contribution in [-0.2, 0) is 26.2 Å². The van der Waals surface area contributed by atoms with Crippen molar-refractivity contribution in [3.8, 4) is 0 Å². The molecule has 0 spiro atoms. The number of benzene rings is 3. The van der Waals surface area contributed by atoms with Crippen molar-refractivity contribution < 1.29 is 18.0 Å². The number of nitrogens with zero attached hydrogens (tertiary/aromatic N) is 2. The van der Waals surface area contributed by atoms with Gasteiger partial charge in [0.15, 0.2) is 0 Å². The molecule has 1 saturated carbocycles. The third-order valence-corrected chi connectivity index (χ3v) is 9.59. The molecule has 0 heterocycles. The first kappa shape index (κ1) is 29.1. The SMILES string of the molecule is CC[C@H](C(=O)NC1CCCCC1)N(Cc1ccccc1Cl)C(=O)CN(C)S(=O)(=O)c1ccc2ccccc2c1. The highest BCUT2D eigenvalue weighted by Gasteiger charge is 2.33. The predicted molar refractivity (Wildman–Crippen MR) is 155 cm³/mol. The Kier molecular flexibility index (Phi) is 9.64. The Hall–Kier alpha value is -2.94. The molecule has 7 nitrogen and oxygen atoms in total. The molecule has 1 aliphatic rings. The van der Waals surface area contributed by atoms with E-state index in [9.17, 15) is 18.0 Å². The summed E-state index contributed by atoms with van der Waals surface area (Å²) in [7, 11) is -2.57. The largest absolute Gasteiger partial charge is 0.352 e. The van der Waals surface area contributed by atoms with Crippen molar-refractivity contribution in [2.24, 2.45) is 0 Å². The molecule has 4 rings (SSSR count). The van der Waals surface area contributed by atoms with Gasteiger partial charge < -0.3 is 10.2 Å². The van der Waals surface area contributed by atoms with Gasteiger partial charge in [0.2, 0.25) is 21.8 Å². The summed E-state index contributed by atoms with van der Waals surface area (Å²) in [5, 5.41) is 5.34. The second kappa shape index (κ2) is 12.9. The minimum absolute atomic E-state index is 0.0912. The van der Waals surface area contributed by atoms with Crippen molar-refractivity contribution in [2.75, 3.05) is 13.6 Å². The van der Waals surface area contributed by atoms with Gasteiger partial charge in [-0.2, -0.15) is 4.31 Å². The first-order chi connectivity index (χ1) is 18.7. The highest BCUT2D eigenvalue weighted by molar-refractivity contribution is 7.89. The number of carbonyl (C=O) groups is 2. The van der Waals surface area contributed by atoms with Crippen LogP contribution in [0.2, 0.25) is 5.02 Å². The molecule has 0 unspecified atom stereocenters. The van der Waals surface area contributed by atoms with Crippen LogP contribution in [0.4, 0.5) is 0 Å². The number of carbonyl (C=O) groups excluding carboxylic acids is 2. The number of hydrogen-bond acceptors (Lipinski definition) is 4. The number of fused-ring (bicyclic) bond motifs is 1. The lowest BCUT2D eigenvalue weighted by Gasteiger charge is -2.33. The van der Waals surface area contributed by atoms with Crippen molar-refractivity contribution in [3.63, 3.8) is 0 Å². The zero-order valence-electron chi connectivity index (χ0n) is 22.5. The first-order valence-electron chi connectivity index (χ1n) is 13.5. The molecule has 39 heavy (non-hydrogen) atoms. The summed E-state index contributed by atoms with van der Waals surface area (Å²) in [6.07, 6.45) is 5.54. The smallest absolute Gasteiger partial charge is 0.243 e. The molecule has 9 heteroatoms. The molecule has 3 aromatic rings. The van der Waals surface area contributed by atoms with Crippen molar-refractivity contribution in [1.82, 2.24) is 14.5 Å². The van der Waals surface area contributed by atoms with E-state index >= 15 is 0 Å². The fraction of sp³-hybridized carbons (Fsp3) is 0.400. The molecule has 0 aliphatic heterocycles. The fourth-order valence-electron chi connectivity index (χ4n) is 5.15. The standard InChI is InChI=1S/C30H36ClN3O4S/c1-3-28(30(36)32-25-14-5-4-6-15-25)34(20-24-13-9-10-16-27(24)31)29(35)21-33(2)39(37,38)26-18-17-22-11-7-8-12-23(22)19-26/h7-13,16-19,25,28H,3-6,14-15,20-21H2,1-2H3,(H,32,36)/t28-/m1/s1. The Balaban J connectivity index is 1.58. The number of likely N-dealkylation sites (N-methyl/N-ethyl adjacent to an activating group) is 1. The summed E-state index contributed by atoms with van der Waals surface area (Å²) in [5.74, 6) is -0.683. The molecule has 1 atom stereocenters. The van der Waals surface area contributed by atoms with E-state index in [0.717, 1.165) is 40.8 Å². The van der Waals surface area contributed by atoms with Gasteiger partial charge in [0, 0.05) is 24.7 Å². The summed E-state index contributed by atoms with van der Waals surface area (Å²) in [4.78, 5) is 28.7. The van der Waals surface area contributed by atoms with Crippen LogP contribution in [0.25, 0.3) is 10.8 Å². The maximum Gasteiger partial charge on any atom is 0.243 e. The predicted octanol–water partition coefficient (Wildman–Crippen LogP) is 5.37. The zero-order valence-corrected chi connectivity index (χ0v) is 24.0. The van der Waals surface area contributed by atoms with Crippen LogP contribution >= 0.6 is 11.6 Å². The number of rotatable bonds is 10. The van der Waals surface area contributed by atoms with Gasteiger partial charge in [-0.05, 0) is 53.8 Å². The van der Waals surface area contributed by atoms with Crippen LogP contribution in [0, 0.1) is 0 Å². The van der Waals surface area contributed by atoms with Crippen molar-refractivity contribution >= 4 is 44.2 Å². The summed E-state index contributed by atoms with van der Waals surface area (Å²) in [5.41, 5.74) is 0.691. The summed E-state index contributed by atoms with van der Waals surface area (Å²) in [6, 6.07) is 18.9. The van der Waals surface area contributed by atoms with Gasteiger partial charge in [0.05, 0.1) is 11.4 Å². The molecule has 0 bridgehead atoms. The Morgan fingerprint density at radius 2 is 1.64 bits per heavy atom. The highest BCUT2D eigenvalue weighted by Crippen LogP contribution is 2.24. The molecule has 2 amide bonds. The van der Waals surface area contributed by atoms with Gasteiger partial charge in [0.1, 0.15) is 6.04 Å². The molecule has 1 fully saturated rings. The average Bonchev–Trinajstić information content (AvgIpc) is 2.94. The van der Waals surface area contributed by atoms with Crippen LogP contribution < -0.4 is 5.32 Å². The van der Waals surface area contributed by atoms with Gasteiger partial charge in [-0.1, -0.05) is 86.3 Å². The summed E-state index contributed by atoms with van der Waals surface area (Å²) >= 11 is 6.42. The molecule has 0 saturated heterocycles. The Morgan fingerprint density at radius 3 is 2.33 bits per heavy atom. The third kappa shape index (κ3) is 6.99. The van der Waals surface area contributed by atoms with Crippen LogP contribution in [-0.4, -0.2) is 55.1 Å². The molecule has 3 aromatic carbocycles. The monoisotopic (exact) mass is 569 g/mol. The number of sulfonamides is 1. The Morgan fingerprint density at radius 1 is 0.974 bits per heavy atom. The average molecular weight is 570 g/mol. The van der Waals surface area contributed by atoms with E-state index in [2.05, 4.69) is 5.32 Å². The van der Waals surface area contributed by atoms with E-state index in [-0.39, 0.29) is 23.4 Å². The molecule has 0 aromatic heterocycles. The third-order valence-electron chi connectivity index (χ3n) is 7.42. The van der Waals surface area contributed by atoms with Crippen LogP contribution in [0.15, 0.2) is 71.6 Å². The minimum atomic E-state index is -3.96. The maximum atomic E-state index is 13.8. The topological polar surface area (TPSA) is 86.8 Å². The van der Waals surface area contributed by atoms with Crippen LogP contribution in [0.1, 0.15) is 51.0 Å². The lowest BCUT2D eigenvalue weighted by Crippen LogP contribution is -2.53. The number of amides is 2. The van der Waals surface area contributed by atoms with Crippen LogP contribution in [0.5, 0.6) is 0 Å². The molecular weight excluding hydrogens is 534 g/mol. The second-order valence-corrected chi connectivity index (χ2v) is 12.6. The van der Waals surface area contributed by atoms with E-state index in [0.29, 0.717) is 17.0 Å². The van der Waals surface area contributed by atoms with E-state index in [1.54, 1.807) is 30.3 Å². The van der Waals surface area contributed by atoms with Crippen molar-refractivity contribution in [2.45, 2.75) is 69.0 Å². The molecule has 0 radical (unpaired) electrons. The normalized spacial score (nSPS) is 15.3. The first-order valence-corrected chi connectivity index (χ1v) is 15.3. The molecular formula is C30H36ClN3O4S. The Bertz CT molecular complexity index is 1420. The number of halogens is 1. The summed E-state index contributed by atoms with van der Waals surface area (Å²) in [6.45, 7) is 1.54. The fourth-order valence-corrected chi connectivity index (χ4v) is 6.50. The van der Waals surface area contributed by atoms with E-state index < -0.39 is 28.5 Å². The molecule has 1 aliphatic carbocycles. The zero-order chi connectivity index (χ0) is 28.0. The minimum Gasteiger partial charge on any atom is -0.352 e. The van der Waals surface area contributed by atoms with Crippen molar-refractivity contribution in [3.05, 3.63) is 77.3 Å². The highest BCUT2D eigenvalue weighted by atomic mass is 35.5. The van der Waals surface area contributed by atoms with Crippen molar-refractivity contribution in [1.29, 1.82) is 0 Å². The van der Waals surface area contributed by atoms with Gasteiger partial charge in [-0.25, -0.2) is 8.42 Å². The van der Waals surface area contributed by atoms with E-state index in [1.807, 2.05) is 43.3 Å². The van der Waals surface area contributed by atoms with Gasteiger partial charge in [-0.3, -0.25) is 9.59 Å². The van der Waals surface area contributed by atoms with E-state index in [1.165, 1.54) is 18.4 Å². The maximum absolute atomic E-state index is 13.8. The van der Waals surface area contributed by atoms with Gasteiger partial charge in [0.25, 0.3) is 0 Å².